The number of hydrogen-bond acceptors (Lipinski definition) is 3. The second-order valence-electron chi connectivity index (χ2n) is 7.20. The highest BCUT2D eigenvalue weighted by molar-refractivity contribution is 7.92. The molecule has 0 fully saturated rings. The van der Waals surface area contributed by atoms with E-state index in [9.17, 15) is 13.2 Å². The van der Waals surface area contributed by atoms with Crippen LogP contribution in [0.5, 0.6) is 0 Å². The molecular weight excluding hydrogens is 408 g/mol. The Bertz CT molecular complexity index is 1340. The summed E-state index contributed by atoms with van der Waals surface area (Å²) in [6, 6.07) is 28.9. The molecule has 0 spiro atoms. The van der Waals surface area contributed by atoms with Gasteiger partial charge in [0.25, 0.3) is 15.9 Å². The molecule has 0 aliphatic rings. The van der Waals surface area contributed by atoms with Crippen molar-refractivity contribution in [3.63, 3.8) is 0 Å². The lowest BCUT2D eigenvalue weighted by Crippen LogP contribution is -2.27. The van der Waals surface area contributed by atoms with E-state index in [0.29, 0.717) is 17.8 Å². The zero-order chi connectivity index (χ0) is 21.8. The van der Waals surface area contributed by atoms with E-state index in [1.165, 1.54) is 11.4 Å². The van der Waals surface area contributed by atoms with Crippen LogP contribution in [0, 0.1) is 0 Å². The van der Waals surface area contributed by atoms with Gasteiger partial charge in [-0.2, -0.15) is 0 Å². The highest BCUT2D eigenvalue weighted by Crippen LogP contribution is 2.23. The van der Waals surface area contributed by atoms with Crippen molar-refractivity contribution >= 4 is 32.4 Å². The first-order valence-electron chi connectivity index (χ1n) is 9.85. The van der Waals surface area contributed by atoms with Crippen LogP contribution in [0.3, 0.4) is 0 Å². The van der Waals surface area contributed by atoms with Crippen LogP contribution in [-0.4, -0.2) is 21.4 Å². The molecule has 31 heavy (non-hydrogen) atoms. The van der Waals surface area contributed by atoms with Crippen molar-refractivity contribution in [1.82, 2.24) is 5.32 Å². The molecule has 0 saturated carbocycles. The maximum atomic E-state index is 12.9. The van der Waals surface area contributed by atoms with Gasteiger partial charge in [-0.1, -0.05) is 60.7 Å². The molecule has 6 heteroatoms. The Morgan fingerprint density at radius 2 is 1.52 bits per heavy atom. The van der Waals surface area contributed by atoms with Gasteiger partial charge in [-0.3, -0.25) is 9.10 Å². The van der Waals surface area contributed by atoms with Gasteiger partial charge in [-0.15, -0.1) is 0 Å². The first kappa shape index (κ1) is 20.6. The number of fused-ring (bicyclic) bond motifs is 1. The van der Waals surface area contributed by atoms with Crippen molar-refractivity contribution in [3.8, 4) is 0 Å². The van der Waals surface area contributed by atoms with Gasteiger partial charge < -0.3 is 5.32 Å². The SMILES string of the molecule is CN(c1cccc(C(=O)NCc2ccc3ccccc3c2)c1)S(=O)(=O)c1ccccc1. The summed E-state index contributed by atoms with van der Waals surface area (Å²) in [6.45, 7) is 0.381. The van der Waals surface area contributed by atoms with Gasteiger partial charge in [0.05, 0.1) is 10.6 Å². The van der Waals surface area contributed by atoms with Crippen LogP contribution in [0.25, 0.3) is 10.8 Å². The van der Waals surface area contributed by atoms with Gasteiger partial charge in [-0.25, -0.2) is 8.42 Å². The van der Waals surface area contributed by atoms with Crippen molar-refractivity contribution in [2.75, 3.05) is 11.4 Å². The van der Waals surface area contributed by atoms with E-state index in [1.54, 1.807) is 54.6 Å². The van der Waals surface area contributed by atoms with Gasteiger partial charge >= 0.3 is 0 Å². The summed E-state index contributed by atoms with van der Waals surface area (Å²) < 4.78 is 26.9. The molecule has 4 rings (SSSR count). The lowest BCUT2D eigenvalue weighted by Gasteiger charge is -2.20. The molecule has 0 aromatic heterocycles. The first-order valence-corrected chi connectivity index (χ1v) is 11.3. The average Bonchev–Trinajstić information content (AvgIpc) is 2.82. The highest BCUT2D eigenvalue weighted by atomic mass is 32.2. The minimum Gasteiger partial charge on any atom is -0.348 e. The fourth-order valence-electron chi connectivity index (χ4n) is 3.37. The Balaban J connectivity index is 1.50. The van der Waals surface area contributed by atoms with Gasteiger partial charge in [-0.05, 0) is 52.7 Å². The number of benzene rings is 4. The summed E-state index contributed by atoms with van der Waals surface area (Å²) in [5.74, 6) is -0.263. The number of rotatable bonds is 6. The lowest BCUT2D eigenvalue weighted by atomic mass is 10.1. The molecule has 0 unspecified atom stereocenters. The summed E-state index contributed by atoms with van der Waals surface area (Å²) in [4.78, 5) is 12.9. The number of carbonyl (C=O) groups is 1. The lowest BCUT2D eigenvalue weighted by molar-refractivity contribution is 0.0951. The van der Waals surface area contributed by atoms with E-state index in [4.69, 9.17) is 0 Å². The van der Waals surface area contributed by atoms with Crippen molar-refractivity contribution in [3.05, 3.63) is 108 Å². The second kappa shape index (κ2) is 8.62. The van der Waals surface area contributed by atoms with Crippen LogP contribution >= 0.6 is 0 Å². The second-order valence-corrected chi connectivity index (χ2v) is 9.17. The van der Waals surface area contributed by atoms with E-state index in [2.05, 4.69) is 5.32 Å². The zero-order valence-corrected chi connectivity index (χ0v) is 17.8. The smallest absolute Gasteiger partial charge is 0.264 e. The Morgan fingerprint density at radius 1 is 0.806 bits per heavy atom. The minimum absolute atomic E-state index is 0.198. The van der Waals surface area contributed by atoms with Crippen molar-refractivity contribution in [2.45, 2.75) is 11.4 Å². The monoisotopic (exact) mass is 430 g/mol. The third kappa shape index (κ3) is 4.44. The Morgan fingerprint density at radius 3 is 2.29 bits per heavy atom. The Hall–Kier alpha value is -3.64. The number of anilines is 1. The quantitative estimate of drug-likeness (QED) is 0.486. The third-order valence-corrected chi connectivity index (χ3v) is 6.94. The average molecular weight is 431 g/mol. The van der Waals surface area contributed by atoms with E-state index < -0.39 is 10.0 Å². The molecule has 0 saturated heterocycles. The van der Waals surface area contributed by atoms with Crippen molar-refractivity contribution < 1.29 is 13.2 Å². The van der Waals surface area contributed by atoms with Gasteiger partial charge in [0, 0.05) is 19.2 Å². The number of amides is 1. The summed E-state index contributed by atoms with van der Waals surface area (Å²) >= 11 is 0. The number of sulfonamides is 1. The molecule has 0 heterocycles. The third-order valence-electron chi connectivity index (χ3n) is 5.14. The first-order chi connectivity index (χ1) is 14.9. The van der Waals surface area contributed by atoms with E-state index in [1.807, 2.05) is 42.5 Å². The van der Waals surface area contributed by atoms with E-state index in [-0.39, 0.29) is 10.8 Å². The molecule has 0 aliphatic heterocycles. The fourth-order valence-corrected chi connectivity index (χ4v) is 4.57. The number of hydrogen-bond donors (Lipinski definition) is 1. The van der Waals surface area contributed by atoms with E-state index in [0.717, 1.165) is 16.3 Å². The molecule has 1 amide bonds. The van der Waals surface area contributed by atoms with Crippen LogP contribution in [0.4, 0.5) is 5.69 Å². The number of carbonyl (C=O) groups excluding carboxylic acids is 1. The maximum absolute atomic E-state index is 12.9. The van der Waals surface area contributed by atoms with Crippen LogP contribution < -0.4 is 9.62 Å². The van der Waals surface area contributed by atoms with Crippen molar-refractivity contribution in [1.29, 1.82) is 0 Å². The van der Waals surface area contributed by atoms with Crippen LogP contribution in [-0.2, 0) is 16.6 Å². The molecule has 1 N–H and O–H groups in total. The van der Waals surface area contributed by atoms with Crippen LogP contribution in [0.2, 0.25) is 0 Å². The van der Waals surface area contributed by atoms with Crippen LogP contribution in [0.1, 0.15) is 15.9 Å². The standard InChI is InChI=1S/C25H22N2O3S/c1-27(31(29,30)24-12-3-2-4-13-24)23-11-7-10-22(17-23)25(28)26-18-19-14-15-20-8-5-6-9-21(20)16-19/h2-17H,18H2,1H3,(H,26,28). The molecular formula is C25H22N2O3S. The predicted octanol–water partition coefficient (Wildman–Crippen LogP) is 4.59. The number of nitrogens with one attached hydrogen (secondary N) is 1. The highest BCUT2D eigenvalue weighted by Gasteiger charge is 2.21. The molecule has 0 atom stereocenters. The van der Waals surface area contributed by atoms with Gasteiger partial charge in [0.2, 0.25) is 0 Å². The summed E-state index contributed by atoms with van der Waals surface area (Å²) in [7, 11) is -2.23. The molecule has 0 radical (unpaired) electrons. The molecule has 0 aliphatic carbocycles. The largest absolute Gasteiger partial charge is 0.348 e. The molecule has 156 valence electrons. The predicted molar refractivity (Wildman–Crippen MR) is 124 cm³/mol. The Labute approximate surface area is 182 Å². The molecule has 4 aromatic carbocycles. The summed E-state index contributed by atoms with van der Waals surface area (Å²) in [5, 5.41) is 5.17. The Kier molecular flexibility index (Phi) is 5.73. The zero-order valence-electron chi connectivity index (χ0n) is 17.0. The topological polar surface area (TPSA) is 66.5 Å². The molecule has 4 aromatic rings. The molecule has 5 nitrogen and oxygen atoms in total. The van der Waals surface area contributed by atoms with Gasteiger partial charge in [0.15, 0.2) is 0 Å². The normalized spacial score (nSPS) is 11.3. The summed E-state index contributed by atoms with van der Waals surface area (Å²) in [5.41, 5.74) is 1.81. The fraction of sp³-hybridized carbons (Fsp3) is 0.0800. The minimum atomic E-state index is -3.71. The maximum Gasteiger partial charge on any atom is 0.264 e. The van der Waals surface area contributed by atoms with E-state index >= 15 is 0 Å². The summed E-state index contributed by atoms with van der Waals surface area (Å²) in [6.07, 6.45) is 0. The van der Waals surface area contributed by atoms with Crippen LogP contribution in [0.15, 0.2) is 102 Å². The molecule has 0 bridgehead atoms. The van der Waals surface area contributed by atoms with Crippen molar-refractivity contribution in [2.24, 2.45) is 0 Å². The van der Waals surface area contributed by atoms with Gasteiger partial charge in [0.1, 0.15) is 0 Å². The number of nitrogens with zero attached hydrogens (tertiary/aromatic N) is 1.